The third-order valence-corrected chi connectivity index (χ3v) is 5.57. The highest BCUT2D eigenvalue weighted by Gasteiger charge is 2.32. The van der Waals surface area contributed by atoms with Crippen LogP contribution in [0.15, 0.2) is 23.1 Å². The molecule has 0 aromatic heterocycles. The number of sulfonamides is 1. The second-order valence-electron chi connectivity index (χ2n) is 4.88. The van der Waals surface area contributed by atoms with Crippen LogP contribution in [-0.4, -0.2) is 43.3 Å². The average molecular weight is 299 g/mol. The molecule has 20 heavy (non-hydrogen) atoms. The van der Waals surface area contributed by atoms with Crippen LogP contribution in [0.3, 0.4) is 0 Å². The molecular weight excluding hydrogens is 282 g/mol. The predicted octanol–water partition coefficient (Wildman–Crippen LogP) is 0.886. The van der Waals surface area contributed by atoms with Crippen LogP contribution in [0, 0.1) is 17.0 Å². The maximum Gasteiger partial charge on any atom is 0.269 e. The molecule has 0 amide bonds. The van der Waals surface area contributed by atoms with Crippen LogP contribution in [0.2, 0.25) is 0 Å². The minimum atomic E-state index is -3.61. The van der Waals surface area contributed by atoms with Crippen LogP contribution < -0.4 is 5.32 Å². The maximum absolute atomic E-state index is 12.6. The van der Waals surface area contributed by atoms with Gasteiger partial charge in [0.05, 0.1) is 9.82 Å². The fraction of sp³-hybridized carbons (Fsp3) is 0.500. The Morgan fingerprint density at radius 3 is 2.70 bits per heavy atom. The van der Waals surface area contributed by atoms with Gasteiger partial charge in [-0.25, -0.2) is 8.42 Å². The van der Waals surface area contributed by atoms with Crippen molar-refractivity contribution in [1.29, 1.82) is 0 Å². The van der Waals surface area contributed by atoms with Crippen LogP contribution in [0.1, 0.15) is 12.5 Å². The van der Waals surface area contributed by atoms with Crippen molar-refractivity contribution in [2.45, 2.75) is 24.8 Å². The lowest BCUT2D eigenvalue weighted by Gasteiger charge is -2.33. The molecule has 0 bridgehead atoms. The van der Waals surface area contributed by atoms with Crippen LogP contribution in [0.5, 0.6) is 0 Å². The van der Waals surface area contributed by atoms with E-state index in [4.69, 9.17) is 0 Å². The van der Waals surface area contributed by atoms with Gasteiger partial charge in [0.1, 0.15) is 0 Å². The molecule has 0 aliphatic carbocycles. The minimum absolute atomic E-state index is 0.102. The summed E-state index contributed by atoms with van der Waals surface area (Å²) < 4.78 is 26.7. The van der Waals surface area contributed by atoms with Gasteiger partial charge in [-0.05, 0) is 25.5 Å². The van der Waals surface area contributed by atoms with E-state index >= 15 is 0 Å². The smallest absolute Gasteiger partial charge is 0.269 e. The van der Waals surface area contributed by atoms with Gasteiger partial charge in [-0.15, -0.1) is 0 Å². The number of hydrogen-bond donors (Lipinski definition) is 1. The van der Waals surface area contributed by atoms with E-state index in [9.17, 15) is 18.5 Å². The van der Waals surface area contributed by atoms with Gasteiger partial charge >= 0.3 is 0 Å². The summed E-state index contributed by atoms with van der Waals surface area (Å²) in [4.78, 5) is 10.3. The molecule has 7 nitrogen and oxygen atoms in total. The van der Waals surface area contributed by atoms with Crippen molar-refractivity contribution in [3.8, 4) is 0 Å². The molecule has 8 heteroatoms. The molecule has 1 heterocycles. The number of benzene rings is 1. The number of piperazine rings is 1. The molecule has 1 fully saturated rings. The third kappa shape index (κ3) is 2.67. The first-order chi connectivity index (χ1) is 9.34. The van der Waals surface area contributed by atoms with E-state index in [0.29, 0.717) is 25.2 Å². The van der Waals surface area contributed by atoms with Gasteiger partial charge in [0, 0.05) is 37.8 Å². The van der Waals surface area contributed by atoms with Gasteiger partial charge in [-0.2, -0.15) is 4.31 Å². The number of rotatable bonds is 3. The van der Waals surface area contributed by atoms with Crippen molar-refractivity contribution >= 4 is 15.7 Å². The number of nitrogens with one attached hydrogen (secondary N) is 1. The Kier molecular flexibility index (Phi) is 4.07. The lowest BCUT2D eigenvalue weighted by Crippen LogP contribution is -2.52. The highest BCUT2D eigenvalue weighted by Crippen LogP contribution is 2.25. The van der Waals surface area contributed by atoms with Gasteiger partial charge < -0.3 is 5.32 Å². The van der Waals surface area contributed by atoms with Crippen molar-refractivity contribution in [3.05, 3.63) is 33.9 Å². The summed E-state index contributed by atoms with van der Waals surface area (Å²) in [5.41, 5.74) is 0.291. The van der Waals surface area contributed by atoms with Crippen molar-refractivity contribution in [1.82, 2.24) is 9.62 Å². The zero-order valence-electron chi connectivity index (χ0n) is 11.4. The van der Waals surface area contributed by atoms with Crippen molar-refractivity contribution < 1.29 is 13.3 Å². The number of aryl methyl sites for hydroxylation is 1. The SMILES string of the molecule is Cc1cc([N+](=O)[O-])ccc1S(=O)(=O)N1CCNCC1C. The molecule has 1 unspecified atom stereocenters. The fourth-order valence-electron chi connectivity index (χ4n) is 2.34. The highest BCUT2D eigenvalue weighted by molar-refractivity contribution is 7.89. The first-order valence-electron chi connectivity index (χ1n) is 6.31. The molecule has 1 saturated heterocycles. The summed E-state index contributed by atoms with van der Waals surface area (Å²) in [5.74, 6) is 0. The Morgan fingerprint density at radius 1 is 1.45 bits per heavy atom. The summed E-state index contributed by atoms with van der Waals surface area (Å²) in [6.45, 7) is 5.03. The molecule has 110 valence electrons. The van der Waals surface area contributed by atoms with Crippen LogP contribution in [0.25, 0.3) is 0 Å². The second kappa shape index (κ2) is 5.47. The Bertz CT molecular complexity index is 630. The van der Waals surface area contributed by atoms with E-state index in [0.717, 1.165) is 0 Å². The molecule has 1 aromatic carbocycles. The highest BCUT2D eigenvalue weighted by atomic mass is 32.2. The van der Waals surface area contributed by atoms with Crippen molar-refractivity contribution in [2.75, 3.05) is 19.6 Å². The first-order valence-corrected chi connectivity index (χ1v) is 7.75. The Balaban J connectivity index is 2.41. The van der Waals surface area contributed by atoms with E-state index in [1.165, 1.54) is 22.5 Å². The summed E-state index contributed by atoms with van der Waals surface area (Å²) in [7, 11) is -3.61. The number of nitro benzene ring substituents is 1. The molecule has 1 aliphatic heterocycles. The second-order valence-corrected chi connectivity index (χ2v) is 6.73. The molecule has 2 rings (SSSR count). The maximum atomic E-state index is 12.6. The molecule has 0 saturated carbocycles. The topological polar surface area (TPSA) is 92.5 Å². The standard InChI is InChI=1S/C12H17N3O4S/c1-9-7-11(15(16)17)3-4-12(9)20(18,19)14-6-5-13-8-10(14)2/h3-4,7,10,13H,5-6,8H2,1-2H3. The fourth-order valence-corrected chi connectivity index (χ4v) is 4.18. The summed E-state index contributed by atoms with van der Waals surface area (Å²) >= 11 is 0. The molecule has 1 aromatic rings. The number of non-ortho nitro benzene ring substituents is 1. The number of nitro groups is 1. The number of hydrogen-bond acceptors (Lipinski definition) is 5. The summed E-state index contributed by atoms with van der Waals surface area (Å²) in [6, 6.07) is 3.70. The minimum Gasteiger partial charge on any atom is -0.314 e. The van der Waals surface area contributed by atoms with Crippen molar-refractivity contribution in [2.24, 2.45) is 0 Å². The van der Waals surface area contributed by atoms with Gasteiger partial charge in [-0.3, -0.25) is 10.1 Å². The van der Waals surface area contributed by atoms with Gasteiger partial charge in [-0.1, -0.05) is 0 Å². The Labute approximate surface area is 117 Å². The Hall–Kier alpha value is -1.51. The summed E-state index contributed by atoms with van der Waals surface area (Å²) in [6.07, 6.45) is 0. The summed E-state index contributed by atoms with van der Waals surface area (Å²) in [5, 5.41) is 13.8. The van der Waals surface area contributed by atoms with Crippen LogP contribution >= 0.6 is 0 Å². The molecule has 0 radical (unpaired) electrons. The normalized spacial score (nSPS) is 20.8. The van der Waals surface area contributed by atoms with E-state index in [-0.39, 0.29) is 16.6 Å². The monoisotopic (exact) mass is 299 g/mol. The zero-order valence-corrected chi connectivity index (χ0v) is 12.2. The lowest BCUT2D eigenvalue weighted by atomic mass is 10.2. The van der Waals surface area contributed by atoms with Gasteiger partial charge in [0.15, 0.2) is 0 Å². The Morgan fingerprint density at radius 2 is 2.15 bits per heavy atom. The predicted molar refractivity (Wildman–Crippen MR) is 74.1 cm³/mol. The molecule has 1 N–H and O–H groups in total. The molecule has 1 atom stereocenters. The van der Waals surface area contributed by atoms with Gasteiger partial charge in [0.2, 0.25) is 10.0 Å². The van der Waals surface area contributed by atoms with Gasteiger partial charge in [0.25, 0.3) is 5.69 Å². The van der Waals surface area contributed by atoms with Crippen molar-refractivity contribution in [3.63, 3.8) is 0 Å². The molecular formula is C12H17N3O4S. The third-order valence-electron chi connectivity index (χ3n) is 3.40. The largest absolute Gasteiger partial charge is 0.314 e. The van der Waals surface area contributed by atoms with E-state index in [2.05, 4.69) is 5.32 Å². The van der Waals surface area contributed by atoms with E-state index in [1.54, 1.807) is 6.92 Å². The lowest BCUT2D eigenvalue weighted by molar-refractivity contribution is -0.385. The van der Waals surface area contributed by atoms with Crippen LogP contribution in [0.4, 0.5) is 5.69 Å². The molecule has 0 spiro atoms. The molecule has 1 aliphatic rings. The van der Waals surface area contributed by atoms with E-state index < -0.39 is 14.9 Å². The zero-order chi connectivity index (χ0) is 14.9. The quantitative estimate of drug-likeness (QED) is 0.661. The van der Waals surface area contributed by atoms with Crippen LogP contribution in [-0.2, 0) is 10.0 Å². The first kappa shape index (κ1) is 14.9. The van der Waals surface area contributed by atoms with E-state index in [1.807, 2.05) is 6.92 Å². The number of nitrogens with zero attached hydrogens (tertiary/aromatic N) is 2. The average Bonchev–Trinajstić information content (AvgIpc) is 2.38.